The fraction of sp³-hybridized carbons (Fsp3) is 0.500. The van der Waals surface area contributed by atoms with Crippen LogP contribution in [0, 0.1) is 0 Å². The first-order valence-electron chi connectivity index (χ1n) is 6.10. The van der Waals surface area contributed by atoms with Crippen molar-refractivity contribution < 1.29 is 14.0 Å². The smallest absolute Gasteiger partial charge is 0.309 e. The predicted octanol–water partition coefficient (Wildman–Crippen LogP) is -0.0290. The summed E-state index contributed by atoms with van der Waals surface area (Å²) < 4.78 is 5.10. The van der Waals surface area contributed by atoms with Crippen LogP contribution in [0.2, 0.25) is 0 Å². The van der Waals surface area contributed by atoms with Crippen LogP contribution in [0.15, 0.2) is 23.0 Å². The van der Waals surface area contributed by atoms with Gasteiger partial charge < -0.3 is 15.5 Å². The molecule has 3 N–H and O–H groups in total. The largest absolute Gasteiger partial charge is 0.472 e. The molecule has 1 aliphatic rings. The Balaban J connectivity index is 2.02. The van der Waals surface area contributed by atoms with Crippen LogP contribution in [0.5, 0.6) is 0 Å². The highest BCUT2D eigenvalue weighted by molar-refractivity contribution is 7.99. The first kappa shape index (κ1) is 14.0. The summed E-state index contributed by atoms with van der Waals surface area (Å²) in [6.07, 6.45) is 3.28. The molecule has 1 saturated heterocycles. The molecule has 0 aromatic carbocycles. The van der Waals surface area contributed by atoms with Crippen molar-refractivity contribution >= 4 is 23.6 Å². The average molecular weight is 283 g/mol. The van der Waals surface area contributed by atoms with Crippen LogP contribution in [0.25, 0.3) is 0 Å². The number of carbonyl (C=O) groups excluding carboxylic acids is 2. The van der Waals surface area contributed by atoms with Crippen molar-refractivity contribution in [3.05, 3.63) is 24.2 Å². The SMILES string of the molecule is NC(=O)C(=O)NC[C@H](c1ccoc1)N1CCSCC1. The van der Waals surface area contributed by atoms with E-state index in [0.717, 1.165) is 30.2 Å². The maximum absolute atomic E-state index is 11.3. The Morgan fingerprint density at radius 1 is 1.47 bits per heavy atom. The number of rotatable bonds is 4. The minimum atomic E-state index is -0.958. The fourth-order valence-corrected chi connectivity index (χ4v) is 3.02. The average Bonchev–Trinajstić information content (AvgIpc) is 2.94. The molecule has 6 nitrogen and oxygen atoms in total. The van der Waals surface area contributed by atoms with Crippen molar-refractivity contribution in [1.29, 1.82) is 0 Å². The van der Waals surface area contributed by atoms with E-state index in [1.54, 1.807) is 12.5 Å². The molecular formula is C12H17N3O3S. The van der Waals surface area contributed by atoms with Gasteiger partial charge in [-0.05, 0) is 6.07 Å². The molecule has 0 saturated carbocycles. The molecule has 1 fully saturated rings. The third kappa shape index (κ3) is 3.74. The van der Waals surface area contributed by atoms with E-state index in [-0.39, 0.29) is 6.04 Å². The van der Waals surface area contributed by atoms with E-state index in [1.165, 1.54) is 0 Å². The number of primary amides is 1. The van der Waals surface area contributed by atoms with Crippen molar-refractivity contribution in [3.63, 3.8) is 0 Å². The molecule has 1 aliphatic heterocycles. The lowest BCUT2D eigenvalue weighted by molar-refractivity contribution is -0.137. The maximum Gasteiger partial charge on any atom is 0.309 e. The van der Waals surface area contributed by atoms with Crippen LogP contribution in [0.1, 0.15) is 11.6 Å². The van der Waals surface area contributed by atoms with Gasteiger partial charge in [0.05, 0.1) is 18.6 Å². The molecule has 2 heterocycles. The van der Waals surface area contributed by atoms with Crippen LogP contribution in [0.4, 0.5) is 0 Å². The minimum absolute atomic E-state index is 0.0166. The number of hydrogen-bond donors (Lipinski definition) is 2. The molecule has 1 aromatic heterocycles. The van der Waals surface area contributed by atoms with E-state index in [9.17, 15) is 9.59 Å². The van der Waals surface area contributed by atoms with Gasteiger partial charge >= 0.3 is 11.8 Å². The molecule has 2 amide bonds. The zero-order chi connectivity index (χ0) is 13.7. The topological polar surface area (TPSA) is 88.6 Å². The Morgan fingerprint density at radius 3 is 2.79 bits per heavy atom. The summed E-state index contributed by atoms with van der Waals surface area (Å²) in [5.74, 6) is 0.427. The number of nitrogens with one attached hydrogen (secondary N) is 1. The van der Waals surface area contributed by atoms with E-state index in [0.29, 0.717) is 6.54 Å². The number of amides is 2. The maximum atomic E-state index is 11.3. The summed E-state index contributed by atoms with van der Waals surface area (Å²) in [6, 6.07) is 1.89. The first-order valence-corrected chi connectivity index (χ1v) is 7.25. The highest BCUT2D eigenvalue weighted by Gasteiger charge is 2.24. The van der Waals surface area contributed by atoms with Crippen molar-refractivity contribution in [3.8, 4) is 0 Å². The second-order valence-corrected chi connectivity index (χ2v) is 5.52. The van der Waals surface area contributed by atoms with Crippen LogP contribution < -0.4 is 11.1 Å². The monoisotopic (exact) mass is 283 g/mol. The van der Waals surface area contributed by atoms with E-state index >= 15 is 0 Å². The molecule has 19 heavy (non-hydrogen) atoms. The molecule has 104 valence electrons. The number of carbonyl (C=O) groups is 2. The molecule has 7 heteroatoms. The number of hydrogen-bond acceptors (Lipinski definition) is 5. The van der Waals surface area contributed by atoms with E-state index in [4.69, 9.17) is 10.2 Å². The summed E-state index contributed by atoms with van der Waals surface area (Å²) in [5, 5.41) is 2.56. The lowest BCUT2D eigenvalue weighted by atomic mass is 10.1. The van der Waals surface area contributed by atoms with Crippen molar-refractivity contribution in [2.45, 2.75) is 6.04 Å². The molecule has 0 radical (unpaired) electrons. The predicted molar refractivity (Wildman–Crippen MR) is 72.6 cm³/mol. The standard InChI is InChI=1S/C12H17N3O3S/c13-11(16)12(17)14-7-10(9-1-4-18-8-9)15-2-5-19-6-3-15/h1,4,8,10H,2-3,5-7H2,(H2,13,16)(H,14,17)/t10-/m1/s1. The van der Waals surface area contributed by atoms with Crippen molar-refractivity contribution in [1.82, 2.24) is 10.2 Å². The van der Waals surface area contributed by atoms with Gasteiger partial charge in [0, 0.05) is 36.7 Å². The molecular weight excluding hydrogens is 266 g/mol. The second kappa shape index (κ2) is 6.63. The van der Waals surface area contributed by atoms with E-state index < -0.39 is 11.8 Å². The lowest BCUT2D eigenvalue weighted by Gasteiger charge is -2.33. The van der Waals surface area contributed by atoms with Gasteiger partial charge in [0.25, 0.3) is 0 Å². The lowest BCUT2D eigenvalue weighted by Crippen LogP contribution is -2.44. The van der Waals surface area contributed by atoms with E-state index in [1.807, 2.05) is 17.8 Å². The number of nitrogens with two attached hydrogens (primary N) is 1. The number of thioether (sulfide) groups is 1. The molecule has 0 spiro atoms. The van der Waals surface area contributed by atoms with Crippen LogP contribution in [0.3, 0.4) is 0 Å². The summed E-state index contributed by atoms with van der Waals surface area (Å²) in [4.78, 5) is 24.3. The zero-order valence-electron chi connectivity index (χ0n) is 10.5. The van der Waals surface area contributed by atoms with E-state index in [2.05, 4.69) is 10.2 Å². The van der Waals surface area contributed by atoms with Gasteiger partial charge in [0.2, 0.25) is 0 Å². The minimum Gasteiger partial charge on any atom is -0.472 e. The Morgan fingerprint density at radius 2 is 2.21 bits per heavy atom. The molecule has 0 aliphatic carbocycles. The van der Waals surface area contributed by atoms with Gasteiger partial charge in [-0.3, -0.25) is 14.5 Å². The summed E-state index contributed by atoms with van der Waals surface area (Å²) in [7, 11) is 0. The Hall–Kier alpha value is -1.47. The fourth-order valence-electron chi connectivity index (χ4n) is 2.09. The third-order valence-electron chi connectivity index (χ3n) is 3.09. The van der Waals surface area contributed by atoms with Gasteiger partial charge in [0.1, 0.15) is 0 Å². The molecule has 1 atom stereocenters. The van der Waals surface area contributed by atoms with Crippen LogP contribution in [-0.2, 0) is 9.59 Å². The summed E-state index contributed by atoms with van der Waals surface area (Å²) in [6.45, 7) is 2.26. The van der Waals surface area contributed by atoms with Crippen LogP contribution >= 0.6 is 11.8 Å². The molecule has 0 bridgehead atoms. The molecule has 0 unspecified atom stereocenters. The number of furan rings is 1. The summed E-state index contributed by atoms with van der Waals surface area (Å²) in [5.41, 5.74) is 5.93. The summed E-state index contributed by atoms with van der Waals surface area (Å²) >= 11 is 1.92. The molecule has 2 rings (SSSR count). The van der Waals surface area contributed by atoms with Crippen molar-refractivity contribution in [2.75, 3.05) is 31.1 Å². The van der Waals surface area contributed by atoms with Gasteiger partial charge in [-0.15, -0.1) is 0 Å². The first-order chi connectivity index (χ1) is 9.18. The zero-order valence-corrected chi connectivity index (χ0v) is 11.3. The van der Waals surface area contributed by atoms with Gasteiger partial charge in [-0.2, -0.15) is 11.8 Å². The van der Waals surface area contributed by atoms with Crippen molar-refractivity contribution in [2.24, 2.45) is 5.73 Å². The van der Waals surface area contributed by atoms with Gasteiger partial charge in [-0.25, -0.2) is 0 Å². The Kier molecular flexibility index (Phi) is 4.86. The van der Waals surface area contributed by atoms with Crippen LogP contribution in [-0.4, -0.2) is 47.9 Å². The highest BCUT2D eigenvalue weighted by Crippen LogP contribution is 2.23. The molecule has 1 aromatic rings. The quantitative estimate of drug-likeness (QED) is 0.758. The third-order valence-corrected chi connectivity index (χ3v) is 4.04. The highest BCUT2D eigenvalue weighted by atomic mass is 32.2. The second-order valence-electron chi connectivity index (χ2n) is 4.30. The normalized spacial score (nSPS) is 17.9. The van der Waals surface area contributed by atoms with Gasteiger partial charge in [0.15, 0.2) is 0 Å². The number of nitrogens with zero attached hydrogens (tertiary/aromatic N) is 1. The Labute approximate surface area is 115 Å². The Bertz CT molecular complexity index is 429. The van der Waals surface area contributed by atoms with Gasteiger partial charge in [-0.1, -0.05) is 0 Å².